The van der Waals surface area contributed by atoms with Crippen LogP contribution in [0.2, 0.25) is 0 Å². The fourth-order valence-electron chi connectivity index (χ4n) is 5.17. The molecule has 4 rings (SSSR count). The van der Waals surface area contributed by atoms with E-state index < -0.39 is 27.4 Å². The molecule has 4 saturated carbocycles. The minimum atomic E-state index is -5.85. The van der Waals surface area contributed by atoms with Crippen molar-refractivity contribution >= 4 is 16.1 Å². The number of esters is 1. The third-order valence-electron chi connectivity index (χ3n) is 6.07. The fourth-order valence-corrected chi connectivity index (χ4v) is 5.43. The van der Waals surface area contributed by atoms with Gasteiger partial charge in [0.1, 0.15) is 6.10 Å². The third kappa shape index (κ3) is 3.48. The SMILES string of the molecule is COC(C)OCC12CC3CC(C1)C(OC(=O)C(F)(F)S(=O)(=O)O)C(C3)C2. The van der Waals surface area contributed by atoms with E-state index in [-0.39, 0.29) is 23.5 Å². The van der Waals surface area contributed by atoms with Crippen LogP contribution in [0.5, 0.6) is 0 Å². The van der Waals surface area contributed by atoms with Gasteiger partial charge >= 0.3 is 21.3 Å². The van der Waals surface area contributed by atoms with Crippen molar-refractivity contribution in [3.8, 4) is 0 Å². The summed E-state index contributed by atoms with van der Waals surface area (Å²) in [6, 6.07) is 0. The van der Waals surface area contributed by atoms with Crippen LogP contribution in [0.15, 0.2) is 0 Å². The molecule has 0 spiro atoms. The number of alkyl halides is 2. The molecule has 0 heterocycles. The van der Waals surface area contributed by atoms with Gasteiger partial charge in [-0.15, -0.1) is 0 Å². The Morgan fingerprint density at radius 1 is 1.27 bits per heavy atom. The normalized spacial score (nSPS) is 37.6. The Morgan fingerprint density at radius 3 is 2.35 bits per heavy atom. The van der Waals surface area contributed by atoms with Gasteiger partial charge in [-0.3, -0.25) is 4.55 Å². The lowest BCUT2D eigenvalue weighted by Gasteiger charge is -2.59. The molecule has 10 heteroatoms. The van der Waals surface area contributed by atoms with Gasteiger partial charge in [0.25, 0.3) is 0 Å². The van der Waals surface area contributed by atoms with E-state index in [0.717, 1.165) is 19.3 Å². The second-order valence-corrected chi connectivity index (χ2v) is 9.41. The first-order valence-corrected chi connectivity index (χ1v) is 10.1. The maximum absolute atomic E-state index is 13.5. The highest BCUT2D eigenvalue weighted by atomic mass is 32.2. The highest BCUT2D eigenvalue weighted by molar-refractivity contribution is 7.87. The zero-order valence-corrected chi connectivity index (χ0v) is 15.5. The van der Waals surface area contributed by atoms with Crippen LogP contribution in [0.25, 0.3) is 0 Å². The Bertz CT molecular complexity index is 650. The van der Waals surface area contributed by atoms with Crippen LogP contribution in [0.3, 0.4) is 0 Å². The van der Waals surface area contributed by atoms with Gasteiger partial charge in [-0.2, -0.15) is 17.2 Å². The predicted octanol–water partition coefficient (Wildman–Crippen LogP) is 2.21. The summed E-state index contributed by atoms with van der Waals surface area (Å²) in [7, 11) is -4.30. The lowest BCUT2D eigenvalue weighted by Crippen LogP contribution is -2.57. The Morgan fingerprint density at radius 2 is 1.85 bits per heavy atom. The van der Waals surface area contributed by atoms with Crippen molar-refractivity contribution in [2.24, 2.45) is 23.2 Å². The monoisotopic (exact) mass is 398 g/mol. The fraction of sp³-hybridized carbons (Fsp3) is 0.938. The molecule has 1 N–H and O–H groups in total. The molecule has 0 aromatic carbocycles. The van der Waals surface area contributed by atoms with Gasteiger partial charge < -0.3 is 14.2 Å². The molecule has 4 fully saturated rings. The number of carbonyl (C=O) groups excluding carboxylic acids is 1. The summed E-state index contributed by atoms with van der Waals surface area (Å²) < 4.78 is 72.9. The molecule has 7 nitrogen and oxygen atoms in total. The summed E-state index contributed by atoms with van der Waals surface area (Å²) in [6.07, 6.45) is 2.75. The van der Waals surface area contributed by atoms with Crippen LogP contribution in [-0.2, 0) is 29.1 Å². The first kappa shape index (κ1) is 19.9. The van der Waals surface area contributed by atoms with Crippen molar-refractivity contribution in [1.82, 2.24) is 0 Å². The van der Waals surface area contributed by atoms with E-state index in [1.54, 1.807) is 14.0 Å². The third-order valence-corrected chi connectivity index (χ3v) is 6.89. The van der Waals surface area contributed by atoms with Crippen LogP contribution in [-0.4, -0.2) is 50.3 Å². The molecule has 0 aliphatic heterocycles. The highest BCUT2D eigenvalue weighted by Gasteiger charge is 2.60. The smallest absolute Gasteiger partial charge is 0.456 e. The largest absolute Gasteiger partial charge is 0.465 e. The molecule has 4 aliphatic carbocycles. The van der Waals surface area contributed by atoms with Crippen molar-refractivity contribution in [3.05, 3.63) is 0 Å². The van der Waals surface area contributed by atoms with Crippen LogP contribution < -0.4 is 0 Å². The number of rotatable bonds is 7. The molecule has 0 aromatic heterocycles. The number of halogens is 2. The quantitative estimate of drug-likeness (QED) is 0.399. The van der Waals surface area contributed by atoms with Gasteiger partial charge in [-0.05, 0) is 62.2 Å². The zero-order valence-electron chi connectivity index (χ0n) is 14.7. The minimum Gasteiger partial charge on any atom is -0.456 e. The number of carbonyl (C=O) groups is 1. The maximum atomic E-state index is 13.5. The number of hydrogen-bond donors (Lipinski definition) is 1. The van der Waals surface area contributed by atoms with E-state index in [1.807, 2.05) is 0 Å². The Kier molecular flexibility index (Phi) is 5.09. The molecule has 3 unspecified atom stereocenters. The Balaban J connectivity index is 1.70. The standard InChI is InChI=1S/C16H24F2O7S/c1-9(23-2)24-8-15-5-10-3-11(6-15)13(12(4-10)7-15)25-14(19)16(17,18)26(20,21)22/h9-13H,3-8H2,1-2H3,(H,20,21,22). The molecule has 0 radical (unpaired) electrons. The molecule has 4 aliphatic rings. The molecule has 0 amide bonds. The van der Waals surface area contributed by atoms with E-state index in [9.17, 15) is 22.0 Å². The molecule has 150 valence electrons. The van der Waals surface area contributed by atoms with Crippen molar-refractivity contribution < 1.29 is 40.8 Å². The summed E-state index contributed by atoms with van der Waals surface area (Å²) in [5, 5.41) is -4.95. The molecule has 3 atom stereocenters. The van der Waals surface area contributed by atoms with Gasteiger partial charge in [-0.1, -0.05) is 0 Å². The maximum Gasteiger partial charge on any atom is 0.465 e. The average molecular weight is 398 g/mol. The molecular formula is C16H24F2O7S. The predicted molar refractivity (Wildman–Crippen MR) is 84.8 cm³/mol. The van der Waals surface area contributed by atoms with Crippen LogP contribution in [0, 0.1) is 23.2 Å². The zero-order chi connectivity index (χ0) is 19.3. The van der Waals surface area contributed by atoms with Crippen LogP contribution in [0.1, 0.15) is 39.0 Å². The van der Waals surface area contributed by atoms with Crippen molar-refractivity contribution in [2.45, 2.75) is 56.7 Å². The van der Waals surface area contributed by atoms with E-state index in [1.165, 1.54) is 0 Å². The number of ether oxygens (including phenoxy) is 3. The van der Waals surface area contributed by atoms with E-state index in [4.69, 9.17) is 18.8 Å². The molecule has 4 bridgehead atoms. The first-order chi connectivity index (χ1) is 12.0. The van der Waals surface area contributed by atoms with E-state index in [0.29, 0.717) is 25.4 Å². The molecular weight excluding hydrogens is 374 g/mol. The van der Waals surface area contributed by atoms with Crippen molar-refractivity contribution in [3.63, 3.8) is 0 Å². The van der Waals surface area contributed by atoms with E-state index >= 15 is 0 Å². The lowest BCUT2D eigenvalue weighted by molar-refractivity contribution is -0.210. The van der Waals surface area contributed by atoms with E-state index in [2.05, 4.69) is 0 Å². The topological polar surface area (TPSA) is 99.1 Å². The Labute approximate surface area is 151 Å². The first-order valence-electron chi connectivity index (χ1n) is 8.68. The lowest BCUT2D eigenvalue weighted by atomic mass is 9.49. The molecule has 0 aromatic rings. The molecule has 0 saturated heterocycles. The van der Waals surface area contributed by atoms with Gasteiger partial charge in [0, 0.05) is 7.11 Å². The van der Waals surface area contributed by atoms with Gasteiger partial charge in [0.15, 0.2) is 6.29 Å². The summed E-state index contributed by atoms with van der Waals surface area (Å²) in [5.41, 5.74) is -0.0855. The number of methoxy groups -OCH3 is 1. The van der Waals surface area contributed by atoms with Crippen molar-refractivity contribution in [1.29, 1.82) is 0 Å². The van der Waals surface area contributed by atoms with Gasteiger partial charge in [0.2, 0.25) is 0 Å². The summed E-state index contributed by atoms with van der Waals surface area (Å²) >= 11 is 0. The second kappa shape index (κ2) is 6.65. The average Bonchev–Trinajstić information content (AvgIpc) is 2.54. The Hall–Kier alpha value is -0.840. The highest BCUT2D eigenvalue weighted by Crippen LogP contribution is 2.61. The van der Waals surface area contributed by atoms with Gasteiger partial charge in [0.05, 0.1) is 6.61 Å². The molecule has 26 heavy (non-hydrogen) atoms. The summed E-state index contributed by atoms with van der Waals surface area (Å²) in [5.74, 6) is -1.99. The van der Waals surface area contributed by atoms with Gasteiger partial charge in [-0.25, -0.2) is 4.79 Å². The van der Waals surface area contributed by atoms with Crippen LogP contribution in [0.4, 0.5) is 8.78 Å². The minimum absolute atomic E-state index is 0.0855. The summed E-state index contributed by atoms with van der Waals surface area (Å²) in [6.45, 7) is 2.29. The second-order valence-electron chi connectivity index (χ2n) is 7.95. The number of hydrogen-bond acceptors (Lipinski definition) is 6. The van der Waals surface area contributed by atoms with Crippen LogP contribution >= 0.6 is 0 Å². The van der Waals surface area contributed by atoms with Crippen molar-refractivity contribution in [2.75, 3.05) is 13.7 Å². The summed E-state index contributed by atoms with van der Waals surface area (Å²) in [4.78, 5) is 11.7.